The van der Waals surface area contributed by atoms with E-state index in [1.165, 1.54) is 11.3 Å². The van der Waals surface area contributed by atoms with Gasteiger partial charge in [0.05, 0.1) is 17.0 Å². The van der Waals surface area contributed by atoms with Crippen LogP contribution in [0.3, 0.4) is 0 Å². The van der Waals surface area contributed by atoms with Crippen molar-refractivity contribution >= 4 is 49.8 Å². The average molecular weight is 508 g/mol. The lowest BCUT2D eigenvalue weighted by atomic mass is 10.1. The van der Waals surface area contributed by atoms with Gasteiger partial charge in [0.25, 0.3) is 5.91 Å². The number of benzene rings is 2. The van der Waals surface area contributed by atoms with Crippen molar-refractivity contribution in [1.29, 1.82) is 0 Å². The summed E-state index contributed by atoms with van der Waals surface area (Å²) in [6.07, 6.45) is 1.90. The Labute approximate surface area is 205 Å². The highest BCUT2D eigenvalue weighted by Crippen LogP contribution is 2.42. The van der Waals surface area contributed by atoms with Crippen LogP contribution in [0.5, 0.6) is 0 Å². The Bertz CT molecular complexity index is 1560. The number of pyridine rings is 1. The minimum Gasteiger partial charge on any atom is -0.480 e. The van der Waals surface area contributed by atoms with Crippen molar-refractivity contribution in [3.63, 3.8) is 0 Å². The summed E-state index contributed by atoms with van der Waals surface area (Å²) < 4.78 is 26.9. The van der Waals surface area contributed by atoms with Crippen LogP contribution in [-0.2, 0) is 21.4 Å². The van der Waals surface area contributed by atoms with Crippen LogP contribution in [-0.4, -0.2) is 40.7 Å². The monoisotopic (exact) mass is 507 g/mol. The van der Waals surface area contributed by atoms with Crippen LogP contribution in [0.15, 0.2) is 71.8 Å². The topological polar surface area (TPSA) is 117 Å². The summed E-state index contributed by atoms with van der Waals surface area (Å²) in [6, 6.07) is 16.7. The summed E-state index contributed by atoms with van der Waals surface area (Å²) in [5.74, 6) is -1.39. The molecule has 3 heterocycles. The molecule has 0 radical (unpaired) electrons. The predicted octanol–water partition coefficient (Wildman–Crippen LogP) is 4.58. The summed E-state index contributed by atoms with van der Waals surface area (Å²) in [4.78, 5) is 30.0. The number of fused-ring (bicyclic) bond motifs is 2. The van der Waals surface area contributed by atoms with E-state index in [-0.39, 0.29) is 23.8 Å². The van der Waals surface area contributed by atoms with Gasteiger partial charge in [0, 0.05) is 32.6 Å². The highest BCUT2D eigenvalue weighted by Gasteiger charge is 2.43. The van der Waals surface area contributed by atoms with Crippen molar-refractivity contribution in [2.75, 3.05) is 5.32 Å². The van der Waals surface area contributed by atoms with Gasteiger partial charge in [0.15, 0.2) is 0 Å². The van der Waals surface area contributed by atoms with E-state index in [0.717, 1.165) is 25.6 Å². The Morgan fingerprint density at radius 1 is 1.14 bits per heavy atom. The number of carbonyl (C=O) groups excluding carboxylic acids is 1. The first-order valence-electron chi connectivity index (χ1n) is 10.9. The summed E-state index contributed by atoms with van der Waals surface area (Å²) in [5, 5.41) is 13.1. The third-order valence-corrected chi connectivity index (χ3v) is 9.19. The first kappa shape index (κ1) is 23.2. The van der Waals surface area contributed by atoms with E-state index in [0.29, 0.717) is 16.1 Å². The number of amides is 1. The molecule has 1 atom stereocenters. The summed E-state index contributed by atoms with van der Waals surface area (Å²) in [7, 11) is -3.86. The van der Waals surface area contributed by atoms with E-state index in [1.807, 2.05) is 24.3 Å². The number of carboxylic acids is 1. The highest BCUT2D eigenvalue weighted by atomic mass is 32.2. The molecular weight excluding hydrogens is 486 g/mol. The lowest BCUT2D eigenvalue weighted by molar-refractivity contribution is -0.141. The number of carboxylic acid groups (broad SMARTS) is 1. The van der Waals surface area contributed by atoms with Crippen LogP contribution in [0.1, 0.15) is 28.6 Å². The van der Waals surface area contributed by atoms with Gasteiger partial charge in [-0.15, -0.1) is 11.3 Å². The molecular formula is C25H21N3O5S2. The van der Waals surface area contributed by atoms with Crippen LogP contribution >= 0.6 is 11.3 Å². The summed E-state index contributed by atoms with van der Waals surface area (Å²) >= 11 is 1.33. The van der Waals surface area contributed by atoms with Gasteiger partial charge < -0.3 is 10.4 Å². The average Bonchev–Trinajstić information content (AvgIpc) is 3.38. The largest absolute Gasteiger partial charge is 0.480 e. The number of nitrogens with one attached hydrogen (secondary N) is 1. The molecule has 1 aliphatic rings. The smallest absolute Gasteiger partial charge is 0.322 e. The van der Waals surface area contributed by atoms with Crippen molar-refractivity contribution in [2.24, 2.45) is 0 Å². The van der Waals surface area contributed by atoms with E-state index in [4.69, 9.17) is 0 Å². The lowest BCUT2D eigenvalue weighted by Crippen LogP contribution is -2.40. The second-order valence-electron chi connectivity index (χ2n) is 8.15. The molecule has 1 amide bonds. The molecule has 1 aliphatic heterocycles. The van der Waals surface area contributed by atoms with Crippen LogP contribution in [0.4, 0.5) is 5.69 Å². The molecule has 2 N–H and O–H groups in total. The van der Waals surface area contributed by atoms with Gasteiger partial charge >= 0.3 is 5.97 Å². The molecule has 178 valence electrons. The Morgan fingerprint density at radius 2 is 1.91 bits per heavy atom. The lowest BCUT2D eigenvalue weighted by Gasteiger charge is -2.21. The molecule has 0 spiro atoms. The normalized spacial score (nSPS) is 15.6. The SMILES string of the molecule is CCC(C(=O)O)N1Cc2sc(-c3ccc(NC(=O)c4ccc5ncccc5c4)cc3)cc2S1(=O)=O. The number of hydrogen-bond acceptors (Lipinski definition) is 6. The van der Waals surface area contributed by atoms with Crippen molar-refractivity contribution in [2.45, 2.75) is 30.8 Å². The fourth-order valence-corrected chi connectivity index (χ4v) is 7.55. The third kappa shape index (κ3) is 4.20. The zero-order chi connectivity index (χ0) is 24.7. The molecule has 10 heteroatoms. The molecule has 2 aromatic carbocycles. The van der Waals surface area contributed by atoms with Crippen LogP contribution in [0.25, 0.3) is 21.3 Å². The molecule has 0 fully saturated rings. The summed E-state index contributed by atoms with van der Waals surface area (Å²) in [5.41, 5.74) is 2.76. The number of anilines is 1. The molecule has 0 saturated heterocycles. The minimum absolute atomic E-state index is 0.0581. The van der Waals surface area contributed by atoms with E-state index in [1.54, 1.807) is 49.5 Å². The van der Waals surface area contributed by atoms with E-state index in [9.17, 15) is 23.1 Å². The number of aliphatic carboxylic acids is 1. The zero-order valence-electron chi connectivity index (χ0n) is 18.6. The van der Waals surface area contributed by atoms with Gasteiger partial charge in [0.1, 0.15) is 6.04 Å². The number of hydrogen-bond donors (Lipinski definition) is 2. The van der Waals surface area contributed by atoms with Crippen molar-refractivity contribution < 1.29 is 23.1 Å². The Kier molecular flexibility index (Phi) is 5.87. The van der Waals surface area contributed by atoms with Crippen LogP contribution in [0.2, 0.25) is 0 Å². The Hall–Kier alpha value is -3.60. The fraction of sp³-hybridized carbons (Fsp3) is 0.160. The maximum absolute atomic E-state index is 12.9. The molecule has 4 aromatic rings. The minimum atomic E-state index is -3.86. The number of rotatable bonds is 6. The standard InChI is InChI=1S/C25H21N3O5S2/c1-2-20(25(30)31)28-14-22-23(35(28,32)33)13-21(34-22)15-5-8-18(9-6-15)27-24(29)17-7-10-19-16(12-17)4-3-11-26-19/h3-13,20H,2,14H2,1H3,(H,27,29)(H,30,31). The summed E-state index contributed by atoms with van der Waals surface area (Å²) in [6.45, 7) is 1.71. The number of thiophene rings is 1. The van der Waals surface area contributed by atoms with Crippen LogP contribution in [0, 0.1) is 0 Å². The van der Waals surface area contributed by atoms with Crippen molar-refractivity contribution in [1.82, 2.24) is 9.29 Å². The second-order valence-corrected chi connectivity index (χ2v) is 11.1. The van der Waals surface area contributed by atoms with E-state index < -0.39 is 22.0 Å². The fourth-order valence-electron chi connectivity index (χ4n) is 4.15. The van der Waals surface area contributed by atoms with Gasteiger partial charge in [-0.05, 0) is 54.4 Å². The number of nitrogens with zero attached hydrogens (tertiary/aromatic N) is 2. The zero-order valence-corrected chi connectivity index (χ0v) is 20.3. The Morgan fingerprint density at radius 3 is 2.60 bits per heavy atom. The molecule has 2 aromatic heterocycles. The molecule has 5 rings (SSSR count). The number of carbonyl (C=O) groups is 2. The van der Waals surface area contributed by atoms with Gasteiger partial charge in [-0.25, -0.2) is 8.42 Å². The third-order valence-electron chi connectivity index (χ3n) is 5.97. The first-order chi connectivity index (χ1) is 16.8. The van der Waals surface area contributed by atoms with Crippen molar-refractivity contribution in [3.8, 4) is 10.4 Å². The van der Waals surface area contributed by atoms with Gasteiger partial charge in [0.2, 0.25) is 10.0 Å². The van der Waals surface area contributed by atoms with Gasteiger partial charge in [-0.1, -0.05) is 25.1 Å². The predicted molar refractivity (Wildman–Crippen MR) is 134 cm³/mol. The first-order valence-corrected chi connectivity index (χ1v) is 13.2. The second kappa shape index (κ2) is 8.88. The Balaban J connectivity index is 1.33. The van der Waals surface area contributed by atoms with E-state index in [2.05, 4.69) is 10.3 Å². The van der Waals surface area contributed by atoms with Crippen LogP contribution < -0.4 is 5.32 Å². The molecule has 0 saturated carbocycles. The number of aromatic nitrogens is 1. The highest BCUT2D eigenvalue weighted by molar-refractivity contribution is 7.89. The molecule has 35 heavy (non-hydrogen) atoms. The maximum Gasteiger partial charge on any atom is 0.322 e. The van der Waals surface area contributed by atoms with E-state index >= 15 is 0 Å². The molecule has 1 unspecified atom stereocenters. The van der Waals surface area contributed by atoms with Gasteiger partial charge in [-0.3, -0.25) is 14.6 Å². The molecule has 8 nitrogen and oxygen atoms in total. The van der Waals surface area contributed by atoms with Crippen molar-refractivity contribution in [3.05, 3.63) is 77.3 Å². The number of sulfonamides is 1. The maximum atomic E-state index is 12.9. The molecule has 0 aliphatic carbocycles. The quantitative estimate of drug-likeness (QED) is 0.395. The van der Waals surface area contributed by atoms with Gasteiger partial charge in [-0.2, -0.15) is 4.31 Å². The molecule has 0 bridgehead atoms.